The molecule has 5 heteroatoms. The lowest BCUT2D eigenvalue weighted by Gasteiger charge is -2.25. The zero-order chi connectivity index (χ0) is 15.9. The van der Waals surface area contributed by atoms with Gasteiger partial charge in [0.05, 0.1) is 12.6 Å². The molecule has 1 saturated heterocycles. The van der Waals surface area contributed by atoms with Crippen LogP contribution in [0.3, 0.4) is 0 Å². The Bertz CT molecular complexity index is 315. The van der Waals surface area contributed by atoms with E-state index in [0.717, 1.165) is 39.0 Å². The Balaban J connectivity index is 2.24. The van der Waals surface area contributed by atoms with Crippen LogP contribution in [0.2, 0.25) is 0 Å². The molecule has 21 heavy (non-hydrogen) atoms. The maximum absolute atomic E-state index is 11.9. The van der Waals surface area contributed by atoms with Crippen LogP contribution in [-0.4, -0.2) is 54.9 Å². The first-order chi connectivity index (χ1) is 9.84. The molecule has 1 fully saturated rings. The molecule has 2 atom stereocenters. The molecule has 5 nitrogen and oxygen atoms in total. The molecule has 0 aromatic carbocycles. The lowest BCUT2D eigenvalue weighted by molar-refractivity contribution is 0.190. The molecule has 124 valence electrons. The Kier molecular flexibility index (Phi) is 7.46. The number of carbonyl (C=O) groups excluding carboxylic acids is 1. The van der Waals surface area contributed by atoms with E-state index in [9.17, 15) is 9.90 Å². The SMILES string of the molecule is CCCN1CCC(CNC(=O)NC(CO)CC(C)(C)C)C1. The Morgan fingerprint density at radius 2 is 2.14 bits per heavy atom. The van der Waals surface area contributed by atoms with Gasteiger partial charge in [-0.3, -0.25) is 0 Å². The Morgan fingerprint density at radius 1 is 1.43 bits per heavy atom. The zero-order valence-electron chi connectivity index (χ0n) is 14.1. The molecule has 1 rings (SSSR count). The third-order valence-electron chi connectivity index (χ3n) is 3.88. The summed E-state index contributed by atoms with van der Waals surface area (Å²) in [6, 6.07) is -0.336. The molecule has 3 N–H and O–H groups in total. The smallest absolute Gasteiger partial charge is 0.315 e. The summed E-state index contributed by atoms with van der Waals surface area (Å²) in [6.45, 7) is 12.6. The summed E-state index contributed by atoms with van der Waals surface area (Å²) in [5.41, 5.74) is 0.0901. The van der Waals surface area contributed by atoms with Gasteiger partial charge < -0.3 is 20.6 Å². The van der Waals surface area contributed by atoms with Crippen LogP contribution < -0.4 is 10.6 Å². The van der Waals surface area contributed by atoms with Crippen molar-refractivity contribution in [3.8, 4) is 0 Å². The fourth-order valence-electron chi connectivity index (χ4n) is 2.97. The largest absolute Gasteiger partial charge is 0.394 e. The summed E-state index contributed by atoms with van der Waals surface area (Å²) in [6.07, 6.45) is 3.11. The first-order valence-electron chi connectivity index (χ1n) is 8.21. The highest BCUT2D eigenvalue weighted by atomic mass is 16.3. The number of carbonyl (C=O) groups is 1. The molecule has 0 radical (unpaired) electrons. The van der Waals surface area contributed by atoms with Gasteiger partial charge in [0, 0.05) is 13.1 Å². The van der Waals surface area contributed by atoms with E-state index in [1.54, 1.807) is 0 Å². The normalized spacial score (nSPS) is 21.3. The number of rotatable bonds is 7. The third-order valence-corrected chi connectivity index (χ3v) is 3.88. The average molecular weight is 299 g/mol. The molecule has 0 spiro atoms. The number of hydrogen-bond donors (Lipinski definition) is 3. The molecule has 2 unspecified atom stereocenters. The molecule has 1 aliphatic heterocycles. The number of nitrogens with zero attached hydrogens (tertiary/aromatic N) is 1. The Morgan fingerprint density at radius 3 is 2.71 bits per heavy atom. The average Bonchev–Trinajstić information content (AvgIpc) is 2.82. The van der Waals surface area contributed by atoms with Gasteiger partial charge in [0.1, 0.15) is 0 Å². The lowest BCUT2D eigenvalue weighted by Crippen LogP contribution is -2.46. The summed E-state index contributed by atoms with van der Waals surface area (Å²) >= 11 is 0. The van der Waals surface area contributed by atoms with Crippen LogP contribution in [0.15, 0.2) is 0 Å². The van der Waals surface area contributed by atoms with Crippen molar-refractivity contribution >= 4 is 6.03 Å². The lowest BCUT2D eigenvalue weighted by atomic mass is 9.88. The van der Waals surface area contributed by atoms with Crippen molar-refractivity contribution in [3.05, 3.63) is 0 Å². The molecule has 0 saturated carbocycles. The van der Waals surface area contributed by atoms with Gasteiger partial charge in [0.2, 0.25) is 0 Å². The first kappa shape index (κ1) is 18.2. The highest BCUT2D eigenvalue weighted by Gasteiger charge is 2.23. The van der Waals surface area contributed by atoms with Crippen LogP contribution in [0.25, 0.3) is 0 Å². The minimum Gasteiger partial charge on any atom is -0.394 e. The predicted octanol–water partition coefficient (Wildman–Crippen LogP) is 1.81. The van der Waals surface area contributed by atoms with Crippen LogP contribution in [-0.2, 0) is 0 Å². The van der Waals surface area contributed by atoms with Crippen molar-refractivity contribution < 1.29 is 9.90 Å². The van der Waals surface area contributed by atoms with E-state index < -0.39 is 0 Å². The molecular weight excluding hydrogens is 266 g/mol. The maximum atomic E-state index is 11.9. The van der Waals surface area contributed by atoms with E-state index in [-0.39, 0.29) is 24.1 Å². The summed E-state index contributed by atoms with van der Waals surface area (Å²) < 4.78 is 0. The summed E-state index contributed by atoms with van der Waals surface area (Å²) in [5.74, 6) is 0.553. The topological polar surface area (TPSA) is 64.6 Å². The van der Waals surface area contributed by atoms with Gasteiger partial charge in [-0.25, -0.2) is 4.79 Å². The van der Waals surface area contributed by atoms with Gasteiger partial charge in [-0.1, -0.05) is 27.7 Å². The van der Waals surface area contributed by atoms with Crippen molar-refractivity contribution in [2.24, 2.45) is 11.3 Å². The highest BCUT2D eigenvalue weighted by Crippen LogP contribution is 2.20. The molecule has 0 aromatic heterocycles. The van der Waals surface area contributed by atoms with Crippen molar-refractivity contribution in [2.45, 2.75) is 53.0 Å². The number of likely N-dealkylation sites (tertiary alicyclic amines) is 1. The number of nitrogens with one attached hydrogen (secondary N) is 2. The second-order valence-corrected chi connectivity index (χ2v) is 7.45. The summed E-state index contributed by atoms with van der Waals surface area (Å²) in [5, 5.41) is 15.2. The molecule has 1 aliphatic rings. The Hall–Kier alpha value is -0.810. The van der Waals surface area contributed by atoms with Crippen molar-refractivity contribution in [1.29, 1.82) is 0 Å². The van der Waals surface area contributed by atoms with Crippen molar-refractivity contribution in [3.63, 3.8) is 0 Å². The molecule has 0 aliphatic carbocycles. The van der Waals surface area contributed by atoms with Crippen LogP contribution in [0.5, 0.6) is 0 Å². The van der Waals surface area contributed by atoms with Gasteiger partial charge in [-0.2, -0.15) is 0 Å². The maximum Gasteiger partial charge on any atom is 0.315 e. The van der Waals surface area contributed by atoms with Gasteiger partial charge in [-0.05, 0) is 43.7 Å². The standard InChI is InChI=1S/C16H33N3O2/c1-5-7-19-8-6-13(11-19)10-17-15(21)18-14(12-20)9-16(2,3)4/h13-14,20H,5-12H2,1-4H3,(H2,17,18,21). The minimum atomic E-state index is -0.176. The zero-order valence-corrected chi connectivity index (χ0v) is 14.1. The quantitative estimate of drug-likeness (QED) is 0.672. The summed E-state index contributed by atoms with van der Waals surface area (Å²) in [7, 11) is 0. The fraction of sp³-hybridized carbons (Fsp3) is 0.938. The fourth-order valence-corrected chi connectivity index (χ4v) is 2.97. The summed E-state index contributed by atoms with van der Waals surface area (Å²) in [4.78, 5) is 14.4. The van der Waals surface area contributed by atoms with E-state index in [0.29, 0.717) is 5.92 Å². The monoisotopic (exact) mass is 299 g/mol. The molecule has 2 amide bonds. The van der Waals surface area contributed by atoms with Gasteiger partial charge in [0.15, 0.2) is 0 Å². The van der Waals surface area contributed by atoms with E-state index in [4.69, 9.17) is 0 Å². The van der Waals surface area contributed by atoms with Crippen LogP contribution in [0, 0.1) is 11.3 Å². The molecule has 0 aromatic rings. The van der Waals surface area contributed by atoms with E-state index in [2.05, 4.69) is 43.2 Å². The number of aliphatic hydroxyl groups is 1. The Labute approximate surface area is 129 Å². The number of aliphatic hydroxyl groups excluding tert-OH is 1. The van der Waals surface area contributed by atoms with Crippen molar-refractivity contribution in [1.82, 2.24) is 15.5 Å². The van der Waals surface area contributed by atoms with Crippen LogP contribution in [0.1, 0.15) is 47.0 Å². The molecule has 0 bridgehead atoms. The highest BCUT2D eigenvalue weighted by molar-refractivity contribution is 5.74. The van der Waals surface area contributed by atoms with Crippen LogP contribution >= 0.6 is 0 Å². The number of amides is 2. The molecule has 1 heterocycles. The van der Waals surface area contributed by atoms with E-state index >= 15 is 0 Å². The second-order valence-electron chi connectivity index (χ2n) is 7.45. The van der Waals surface area contributed by atoms with Gasteiger partial charge in [0.25, 0.3) is 0 Å². The predicted molar refractivity (Wildman–Crippen MR) is 86.3 cm³/mol. The van der Waals surface area contributed by atoms with Gasteiger partial charge in [-0.15, -0.1) is 0 Å². The number of urea groups is 1. The van der Waals surface area contributed by atoms with E-state index in [1.807, 2.05) is 0 Å². The second kappa shape index (κ2) is 8.59. The van der Waals surface area contributed by atoms with Gasteiger partial charge >= 0.3 is 6.03 Å². The minimum absolute atomic E-state index is 0.0155. The third kappa shape index (κ3) is 7.67. The van der Waals surface area contributed by atoms with Crippen LogP contribution in [0.4, 0.5) is 4.79 Å². The van der Waals surface area contributed by atoms with E-state index in [1.165, 1.54) is 6.42 Å². The first-order valence-corrected chi connectivity index (χ1v) is 8.21. The van der Waals surface area contributed by atoms with Crippen molar-refractivity contribution in [2.75, 3.05) is 32.8 Å². The number of hydrogen-bond acceptors (Lipinski definition) is 3. The molecular formula is C16H33N3O2.